The minimum atomic E-state index is 0.702. The monoisotopic (exact) mass is 367 g/mol. The average molecular weight is 367 g/mol. The molecule has 0 aliphatic carbocycles. The molecule has 2 aromatic heterocycles. The standard InChI is InChI=1S/C18H21N7S/c1-22-17(15-5-3-2-4-6-15)21-25(18(22)26)14-23-9-11-24(12-10-23)16-13-19-7-8-20-16/h2-8,13H,9-12,14H2,1H3. The fourth-order valence-electron chi connectivity index (χ4n) is 3.18. The van der Waals surface area contributed by atoms with Gasteiger partial charge in [-0.25, -0.2) is 9.67 Å². The molecule has 1 aliphatic heterocycles. The van der Waals surface area contributed by atoms with Crippen molar-refractivity contribution in [2.24, 2.45) is 7.05 Å². The predicted molar refractivity (Wildman–Crippen MR) is 103 cm³/mol. The van der Waals surface area contributed by atoms with Crippen LogP contribution in [0.3, 0.4) is 0 Å². The zero-order valence-electron chi connectivity index (χ0n) is 14.7. The highest BCUT2D eigenvalue weighted by Gasteiger charge is 2.19. The summed E-state index contributed by atoms with van der Waals surface area (Å²) < 4.78 is 4.62. The Labute approximate surface area is 157 Å². The summed E-state index contributed by atoms with van der Waals surface area (Å²) in [5, 5.41) is 4.75. The van der Waals surface area contributed by atoms with Crippen LogP contribution in [0, 0.1) is 4.77 Å². The lowest BCUT2D eigenvalue weighted by Gasteiger charge is -2.34. The van der Waals surface area contributed by atoms with Crippen LogP contribution >= 0.6 is 12.2 Å². The number of benzene rings is 1. The van der Waals surface area contributed by atoms with E-state index in [1.807, 2.05) is 40.7 Å². The summed E-state index contributed by atoms with van der Waals surface area (Å²) in [5.74, 6) is 1.83. The third-order valence-corrected chi connectivity index (χ3v) is 5.14. The number of rotatable bonds is 4. The number of aromatic nitrogens is 5. The van der Waals surface area contributed by atoms with E-state index in [9.17, 15) is 0 Å². The van der Waals surface area contributed by atoms with Gasteiger partial charge in [0.15, 0.2) is 10.6 Å². The van der Waals surface area contributed by atoms with Crippen LogP contribution in [0.1, 0.15) is 0 Å². The Hall–Kier alpha value is -2.58. The average Bonchev–Trinajstić information content (AvgIpc) is 2.98. The molecule has 1 aliphatic rings. The van der Waals surface area contributed by atoms with E-state index in [1.54, 1.807) is 12.4 Å². The van der Waals surface area contributed by atoms with Crippen LogP contribution in [0.15, 0.2) is 48.9 Å². The first-order valence-electron chi connectivity index (χ1n) is 8.65. The maximum absolute atomic E-state index is 5.59. The van der Waals surface area contributed by atoms with Gasteiger partial charge in [0.05, 0.1) is 12.9 Å². The molecule has 0 radical (unpaired) electrons. The SMILES string of the molecule is Cn1c(-c2ccccc2)nn(CN2CCN(c3cnccn3)CC2)c1=S. The van der Waals surface area contributed by atoms with Crippen molar-refractivity contribution in [1.82, 2.24) is 29.2 Å². The number of hydrogen-bond acceptors (Lipinski definition) is 6. The van der Waals surface area contributed by atoms with E-state index >= 15 is 0 Å². The van der Waals surface area contributed by atoms with Crippen LogP contribution in [0.2, 0.25) is 0 Å². The van der Waals surface area contributed by atoms with Crippen molar-refractivity contribution in [1.29, 1.82) is 0 Å². The number of piperazine rings is 1. The van der Waals surface area contributed by atoms with Crippen LogP contribution in [-0.4, -0.2) is 55.4 Å². The molecular formula is C18H21N7S. The van der Waals surface area contributed by atoms with E-state index in [2.05, 4.69) is 31.9 Å². The Morgan fingerprint density at radius 2 is 1.81 bits per heavy atom. The molecule has 4 rings (SSSR count). The third kappa shape index (κ3) is 3.38. The lowest BCUT2D eigenvalue weighted by molar-refractivity contribution is 0.194. The van der Waals surface area contributed by atoms with E-state index in [-0.39, 0.29) is 0 Å². The first-order chi connectivity index (χ1) is 12.7. The summed E-state index contributed by atoms with van der Waals surface area (Å²) in [6.45, 7) is 4.42. The van der Waals surface area contributed by atoms with Gasteiger partial charge in [0.2, 0.25) is 0 Å². The molecule has 0 amide bonds. The lowest BCUT2D eigenvalue weighted by Crippen LogP contribution is -2.47. The van der Waals surface area contributed by atoms with Gasteiger partial charge in [0.1, 0.15) is 5.82 Å². The van der Waals surface area contributed by atoms with E-state index in [1.165, 1.54) is 0 Å². The molecule has 0 atom stereocenters. The molecule has 0 N–H and O–H groups in total. The number of hydrogen-bond donors (Lipinski definition) is 0. The molecule has 1 aromatic carbocycles. The van der Waals surface area contributed by atoms with Crippen molar-refractivity contribution in [3.8, 4) is 11.4 Å². The normalized spacial score (nSPS) is 15.3. The van der Waals surface area contributed by atoms with Gasteiger partial charge in [-0.15, -0.1) is 0 Å². The first kappa shape index (κ1) is 16.9. The molecule has 134 valence electrons. The fraction of sp³-hybridized carbons (Fsp3) is 0.333. The van der Waals surface area contributed by atoms with Gasteiger partial charge in [0, 0.05) is 51.2 Å². The van der Waals surface area contributed by atoms with Gasteiger partial charge in [-0.3, -0.25) is 9.88 Å². The van der Waals surface area contributed by atoms with Gasteiger partial charge >= 0.3 is 0 Å². The summed E-state index contributed by atoms with van der Waals surface area (Å²) in [5.41, 5.74) is 1.08. The quantitative estimate of drug-likeness (QED) is 0.659. The van der Waals surface area contributed by atoms with Crippen LogP contribution < -0.4 is 4.90 Å². The van der Waals surface area contributed by atoms with Gasteiger partial charge in [0.25, 0.3) is 0 Å². The summed E-state index contributed by atoms with van der Waals surface area (Å²) >= 11 is 5.59. The Morgan fingerprint density at radius 3 is 2.50 bits per heavy atom. The minimum absolute atomic E-state index is 0.702. The van der Waals surface area contributed by atoms with Crippen molar-refractivity contribution in [3.05, 3.63) is 53.7 Å². The molecule has 0 bridgehead atoms. The summed E-state index contributed by atoms with van der Waals surface area (Å²) in [7, 11) is 1.97. The van der Waals surface area contributed by atoms with Crippen molar-refractivity contribution in [2.45, 2.75) is 6.67 Å². The van der Waals surface area contributed by atoms with Gasteiger partial charge < -0.3 is 9.47 Å². The third-order valence-electron chi connectivity index (χ3n) is 4.65. The summed E-state index contributed by atoms with van der Waals surface area (Å²) in [6, 6.07) is 10.2. The molecule has 3 heterocycles. The van der Waals surface area contributed by atoms with Gasteiger partial charge in [-0.05, 0) is 12.2 Å². The van der Waals surface area contributed by atoms with E-state index in [4.69, 9.17) is 17.3 Å². The maximum Gasteiger partial charge on any atom is 0.199 e. The highest BCUT2D eigenvalue weighted by atomic mass is 32.1. The van der Waals surface area contributed by atoms with Crippen molar-refractivity contribution >= 4 is 18.0 Å². The predicted octanol–water partition coefficient (Wildman–Crippen LogP) is 2.19. The fourth-order valence-corrected chi connectivity index (χ4v) is 3.37. The Bertz CT molecular complexity index is 912. The minimum Gasteiger partial charge on any atom is -0.353 e. The van der Waals surface area contributed by atoms with Crippen LogP contribution in [-0.2, 0) is 13.7 Å². The van der Waals surface area contributed by atoms with E-state index < -0.39 is 0 Å². The summed E-state index contributed by atoms with van der Waals surface area (Å²) in [6.07, 6.45) is 5.25. The molecule has 0 spiro atoms. The Balaban J connectivity index is 1.45. The molecule has 0 saturated carbocycles. The lowest BCUT2D eigenvalue weighted by atomic mass is 10.2. The van der Waals surface area contributed by atoms with Gasteiger partial charge in [-0.2, -0.15) is 5.10 Å². The highest BCUT2D eigenvalue weighted by molar-refractivity contribution is 7.71. The highest BCUT2D eigenvalue weighted by Crippen LogP contribution is 2.17. The second-order valence-electron chi connectivity index (χ2n) is 6.34. The van der Waals surface area contributed by atoms with Crippen molar-refractivity contribution < 1.29 is 0 Å². The zero-order valence-corrected chi connectivity index (χ0v) is 15.5. The van der Waals surface area contributed by atoms with Crippen LogP contribution in [0.4, 0.5) is 5.82 Å². The van der Waals surface area contributed by atoms with Crippen molar-refractivity contribution in [3.63, 3.8) is 0 Å². The molecule has 26 heavy (non-hydrogen) atoms. The molecular weight excluding hydrogens is 346 g/mol. The van der Waals surface area contributed by atoms with Crippen molar-refractivity contribution in [2.75, 3.05) is 31.1 Å². The molecule has 8 heteroatoms. The summed E-state index contributed by atoms with van der Waals surface area (Å²) in [4.78, 5) is 13.2. The molecule has 1 saturated heterocycles. The van der Waals surface area contributed by atoms with Crippen LogP contribution in [0.5, 0.6) is 0 Å². The molecule has 3 aromatic rings. The first-order valence-corrected chi connectivity index (χ1v) is 9.06. The molecule has 0 unspecified atom stereocenters. The Morgan fingerprint density at radius 1 is 1.04 bits per heavy atom. The molecule has 1 fully saturated rings. The van der Waals surface area contributed by atoms with Crippen LogP contribution in [0.25, 0.3) is 11.4 Å². The second kappa shape index (κ2) is 7.35. The van der Waals surface area contributed by atoms with Gasteiger partial charge in [-0.1, -0.05) is 30.3 Å². The van der Waals surface area contributed by atoms with E-state index in [0.29, 0.717) is 6.67 Å². The zero-order chi connectivity index (χ0) is 17.9. The Kier molecular flexibility index (Phi) is 4.77. The number of anilines is 1. The topological polar surface area (TPSA) is 55.0 Å². The largest absolute Gasteiger partial charge is 0.353 e. The maximum atomic E-state index is 5.59. The van der Waals surface area contributed by atoms with E-state index in [0.717, 1.165) is 48.2 Å². The smallest absolute Gasteiger partial charge is 0.199 e. The number of nitrogens with zero attached hydrogens (tertiary/aromatic N) is 7. The second-order valence-corrected chi connectivity index (χ2v) is 6.71. The molecule has 7 nitrogen and oxygen atoms in total.